The topological polar surface area (TPSA) is 186 Å². The predicted octanol–water partition coefficient (Wildman–Crippen LogP) is -5.01. The Labute approximate surface area is 206 Å². The minimum absolute atomic E-state index is 0. The van der Waals surface area contributed by atoms with Gasteiger partial charge in [0.2, 0.25) is 0 Å². The third-order valence-corrected chi connectivity index (χ3v) is 5.15. The van der Waals surface area contributed by atoms with Gasteiger partial charge in [-0.1, -0.05) is 23.0 Å². The van der Waals surface area contributed by atoms with Gasteiger partial charge in [0.1, 0.15) is 34.9 Å². The molecule has 4 N–H and O–H groups in total. The van der Waals surface area contributed by atoms with Crippen LogP contribution in [-0.4, -0.2) is 85.4 Å². The normalized spacial score (nSPS) is 30.7. The molecule has 1 rings (SSSR count). The van der Waals surface area contributed by atoms with Crippen LogP contribution < -0.4 is 51.4 Å². The minimum atomic E-state index is -5.10. The Morgan fingerprint density at radius 3 is 2.48 bits per heavy atom. The summed E-state index contributed by atoms with van der Waals surface area (Å²) in [6, 6.07) is 0. The molecule has 0 bridgehead atoms. The van der Waals surface area contributed by atoms with Crippen molar-refractivity contribution in [3.63, 3.8) is 0 Å². The quantitative estimate of drug-likeness (QED) is 0.0660. The maximum atomic E-state index is 11.0. The number of allylic oxidation sites excluding steroid dienone is 1. The standard InChI is InChI=1S/C12H21NO10S3.K/c1-25(18)5-3-2-4-8(13-23-26(19,20)21)24-12-11(17)10(16)9(15)7(6-14)22-12;/h3,5,7,9-12,14-17H,2,4,6H2,1H3,(H,19,20,21);/q;+1/p-1/b5-3+,13-8-;/t7-,9-,10+,11-,12+,25?;/m1./s1. The average molecular weight is 474 g/mol. The van der Waals surface area contributed by atoms with Crippen molar-refractivity contribution >= 4 is 38.0 Å². The van der Waals surface area contributed by atoms with E-state index in [0.29, 0.717) is 11.8 Å². The van der Waals surface area contributed by atoms with Gasteiger partial charge in [0.05, 0.1) is 6.61 Å². The number of hydrogen-bond acceptors (Lipinski definition) is 12. The first-order valence-electron chi connectivity index (χ1n) is 7.22. The van der Waals surface area contributed by atoms with Crippen LogP contribution in [0.3, 0.4) is 0 Å². The van der Waals surface area contributed by atoms with E-state index in [4.69, 9.17) is 9.84 Å². The van der Waals surface area contributed by atoms with E-state index in [0.717, 1.165) is 0 Å². The molecule has 1 heterocycles. The Hall–Kier alpha value is 1.06. The summed E-state index contributed by atoms with van der Waals surface area (Å²) < 4.78 is 51.8. The van der Waals surface area contributed by atoms with Gasteiger partial charge in [-0.05, 0) is 11.8 Å². The molecular weight excluding hydrogens is 453 g/mol. The van der Waals surface area contributed by atoms with E-state index in [1.807, 2.05) is 0 Å². The molecule has 1 aliphatic heterocycles. The first-order valence-corrected chi connectivity index (χ1v) is 11.1. The van der Waals surface area contributed by atoms with Gasteiger partial charge in [-0.25, -0.2) is 0 Å². The molecular formula is C12H20KNO10S3. The van der Waals surface area contributed by atoms with Gasteiger partial charge in [0.25, 0.3) is 10.4 Å². The van der Waals surface area contributed by atoms with Crippen LogP contribution in [0, 0.1) is 0 Å². The van der Waals surface area contributed by atoms with E-state index in [2.05, 4.69) is 9.44 Å². The third-order valence-electron chi connectivity index (χ3n) is 3.14. The van der Waals surface area contributed by atoms with Crippen molar-refractivity contribution in [1.82, 2.24) is 0 Å². The molecule has 15 heteroatoms. The van der Waals surface area contributed by atoms with Gasteiger partial charge in [-0.2, -0.15) is 8.42 Å². The van der Waals surface area contributed by atoms with Crippen LogP contribution in [-0.2, 0) is 30.2 Å². The molecule has 1 saturated heterocycles. The first-order chi connectivity index (χ1) is 12.0. The smallest absolute Gasteiger partial charge is 0.714 e. The second-order valence-corrected chi connectivity index (χ2v) is 8.60. The van der Waals surface area contributed by atoms with Crippen LogP contribution in [0.5, 0.6) is 0 Å². The van der Waals surface area contributed by atoms with Crippen LogP contribution in [0.1, 0.15) is 12.8 Å². The van der Waals surface area contributed by atoms with E-state index in [1.165, 1.54) is 17.7 Å². The molecule has 1 fully saturated rings. The summed E-state index contributed by atoms with van der Waals surface area (Å²) in [6.45, 7) is -0.634. The van der Waals surface area contributed by atoms with Crippen molar-refractivity contribution in [1.29, 1.82) is 0 Å². The maximum Gasteiger partial charge on any atom is 1.00 e. The van der Waals surface area contributed by atoms with E-state index in [-0.39, 0.29) is 69.3 Å². The van der Waals surface area contributed by atoms with Crippen molar-refractivity contribution in [3.05, 3.63) is 11.5 Å². The number of rotatable bonds is 8. The monoisotopic (exact) mass is 473 g/mol. The van der Waals surface area contributed by atoms with Gasteiger partial charge in [0, 0.05) is 23.5 Å². The number of aliphatic hydroxyl groups excluding tert-OH is 4. The van der Waals surface area contributed by atoms with Gasteiger partial charge in [0.15, 0.2) is 0 Å². The zero-order valence-electron chi connectivity index (χ0n) is 14.6. The van der Waals surface area contributed by atoms with Crippen molar-refractivity contribution in [2.45, 2.75) is 42.7 Å². The molecule has 6 atom stereocenters. The predicted molar refractivity (Wildman–Crippen MR) is 92.0 cm³/mol. The molecule has 27 heavy (non-hydrogen) atoms. The molecule has 0 saturated carbocycles. The van der Waals surface area contributed by atoms with Gasteiger partial charge in [-0.3, -0.25) is 8.49 Å². The molecule has 0 spiro atoms. The third kappa shape index (κ3) is 10.6. The largest absolute Gasteiger partial charge is 1.00 e. The number of thioether (sulfide) groups is 1. The molecule has 0 aromatic heterocycles. The zero-order chi connectivity index (χ0) is 19.9. The van der Waals surface area contributed by atoms with E-state index < -0.39 is 57.7 Å². The minimum Gasteiger partial charge on any atom is -0.714 e. The van der Waals surface area contributed by atoms with E-state index in [1.54, 1.807) is 0 Å². The Morgan fingerprint density at radius 1 is 1.33 bits per heavy atom. The van der Waals surface area contributed by atoms with Crippen LogP contribution >= 0.6 is 11.8 Å². The van der Waals surface area contributed by atoms with E-state index >= 15 is 0 Å². The van der Waals surface area contributed by atoms with Crippen molar-refractivity contribution in [3.8, 4) is 0 Å². The van der Waals surface area contributed by atoms with Gasteiger partial charge in [-0.15, -0.1) is 0 Å². The second kappa shape index (κ2) is 13.4. The van der Waals surface area contributed by atoms with Gasteiger partial charge < -0.3 is 29.7 Å². The first kappa shape index (κ1) is 28.1. The molecule has 11 nitrogen and oxygen atoms in total. The maximum absolute atomic E-state index is 11.0. The summed E-state index contributed by atoms with van der Waals surface area (Å²) >= 11 is 0.656. The van der Waals surface area contributed by atoms with Crippen molar-refractivity contribution in [2.75, 3.05) is 12.9 Å². The molecule has 0 radical (unpaired) electrons. The summed E-state index contributed by atoms with van der Waals surface area (Å²) in [4.78, 5) is 0. The zero-order valence-corrected chi connectivity index (χ0v) is 20.1. The number of hydrogen-bond donors (Lipinski definition) is 4. The molecule has 0 aliphatic carbocycles. The average Bonchev–Trinajstić information content (AvgIpc) is 2.55. The van der Waals surface area contributed by atoms with Gasteiger partial charge >= 0.3 is 51.4 Å². The SMILES string of the molecule is CS(=O)/C=C/CC/C(=N/OS(=O)(=O)[O-])S[C@@H]1O[C@H](CO)[C@@H](O)[C@H](O)[C@H]1O.[K+]. The van der Waals surface area contributed by atoms with Crippen LogP contribution in [0.25, 0.3) is 0 Å². The molecule has 0 aromatic carbocycles. The molecule has 0 amide bonds. The van der Waals surface area contributed by atoms with Crippen LogP contribution in [0.15, 0.2) is 16.6 Å². The summed E-state index contributed by atoms with van der Waals surface area (Å²) in [5.41, 5.74) is -1.22. The number of nitrogens with zero attached hydrogens (tertiary/aromatic N) is 1. The molecule has 1 aliphatic rings. The molecule has 152 valence electrons. The number of aliphatic hydroxyl groups is 4. The van der Waals surface area contributed by atoms with Crippen LogP contribution in [0.2, 0.25) is 0 Å². The fourth-order valence-electron chi connectivity index (χ4n) is 1.92. The van der Waals surface area contributed by atoms with Crippen molar-refractivity contribution in [2.24, 2.45) is 5.16 Å². The van der Waals surface area contributed by atoms with Crippen LogP contribution in [0.4, 0.5) is 0 Å². The Morgan fingerprint density at radius 2 is 1.96 bits per heavy atom. The van der Waals surface area contributed by atoms with Crippen molar-refractivity contribution < 1.29 is 98.0 Å². The fraction of sp³-hybridized carbons (Fsp3) is 0.750. The Bertz CT molecular complexity index is 641. The fourth-order valence-corrected chi connectivity index (χ4v) is 3.64. The molecule has 1 unspecified atom stereocenters. The summed E-state index contributed by atoms with van der Waals surface area (Å²) in [5.74, 6) is 0. The van der Waals surface area contributed by atoms with E-state index in [9.17, 15) is 32.5 Å². The summed E-state index contributed by atoms with van der Waals surface area (Å²) in [6.07, 6.45) is -2.62. The Kier molecular flexibility index (Phi) is 13.9. The number of oxime groups is 1. The second-order valence-electron chi connectivity index (χ2n) is 5.19. The molecule has 0 aromatic rings. The number of ether oxygens (including phenoxy) is 1. The summed E-state index contributed by atoms with van der Waals surface area (Å²) in [7, 11) is -6.29. The summed E-state index contributed by atoms with van der Waals surface area (Å²) in [5, 5.41) is 43.1. The Balaban J connectivity index is 0.00000676.